The summed E-state index contributed by atoms with van der Waals surface area (Å²) >= 11 is 0. The fourth-order valence-electron chi connectivity index (χ4n) is 3.78. The molecule has 2 nitrogen and oxygen atoms in total. The van der Waals surface area contributed by atoms with Gasteiger partial charge in [0.2, 0.25) is 0 Å². The van der Waals surface area contributed by atoms with E-state index < -0.39 is 0 Å². The molecule has 1 aliphatic carbocycles. The lowest BCUT2D eigenvalue weighted by Gasteiger charge is -2.49. The molecule has 0 aromatic carbocycles. The molecule has 0 aromatic rings. The highest BCUT2D eigenvalue weighted by Gasteiger charge is 2.48. The number of carbonyl (C=O) groups excluding carboxylic acids is 1. The van der Waals surface area contributed by atoms with Crippen LogP contribution in [-0.2, 0) is 9.53 Å². The minimum atomic E-state index is -0.110. The second kappa shape index (κ2) is 4.38. The van der Waals surface area contributed by atoms with Crippen LogP contribution in [0.2, 0.25) is 0 Å². The molecule has 0 unspecified atom stereocenters. The molecule has 2 aliphatic rings. The van der Waals surface area contributed by atoms with Gasteiger partial charge in [-0.1, -0.05) is 27.2 Å². The molecular weight excluding hydrogens is 200 g/mol. The third kappa shape index (κ3) is 2.11. The van der Waals surface area contributed by atoms with Gasteiger partial charge in [-0.3, -0.25) is 4.79 Å². The average molecular weight is 224 g/mol. The maximum Gasteiger partial charge on any atom is 0.306 e. The quantitative estimate of drug-likeness (QED) is 0.637. The molecule has 0 radical (unpaired) electrons. The van der Waals surface area contributed by atoms with Crippen LogP contribution in [0.25, 0.3) is 0 Å². The van der Waals surface area contributed by atoms with Crippen molar-refractivity contribution in [1.82, 2.24) is 0 Å². The van der Waals surface area contributed by atoms with Crippen LogP contribution in [0.4, 0.5) is 0 Å². The Labute approximate surface area is 98.7 Å². The highest BCUT2D eigenvalue weighted by atomic mass is 16.6. The third-order valence-electron chi connectivity index (χ3n) is 4.44. The van der Waals surface area contributed by atoms with Gasteiger partial charge in [0.05, 0.1) is 0 Å². The zero-order valence-corrected chi connectivity index (χ0v) is 10.8. The molecule has 0 aromatic heterocycles. The summed E-state index contributed by atoms with van der Waals surface area (Å²) in [7, 11) is 0. The van der Waals surface area contributed by atoms with Gasteiger partial charge < -0.3 is 4.74 Å². The monoisotopic (exact) mass is 224 g/mol. The van der Waals surface area contributed by atoms with Crippen LogP contribution in [0, 0.1) is 17.8 Å². The number of ether oxygens (including phenoxy) is 1. The summed E-state index contributed by atoms with van der Waals surface area (Å²) in [5.41, 5.74) is -0.110. The smallest absolute Gasteiger partial charge is 0.306 e. The lowest BCUT2D eigenvalue weighted by molar-refractivity contribution is -0.187. The number of rotatable bonds is 1. The Balaban J connectivity index is 2.20. The lowest BCUT2D eigenvalue weighted by atomic mass is 9.64. The van der Waals surface area contributed by atoms with Gasteiger partial charge in [-0.25, -0.2) is 0 Å². The van der Waals surface area contributed by atoms with Gasteiger partial charge >= 0.3 is 5.97 Å². The molecule has 3 atom stereocenters. The molecule has 1 saturated carbocycles. The van der Waals surface area contributed by atoms with E-state index >= 15 is 0 Å². The van der Waals surface area contributed by atoms with Crippen LogP contribution in [0.1, 0.15) is 59.3 Å². The molecule has 1 saturated heterocycles. The van der Waals surface area contributed by atoms with Gasteiger partial charge in [0.15, 0.2) is 0 Å². The topological polar surface area (TPSA) is 26.3 Å². The standard InChI is InChI=1S/C14H24O2/c1-10(2)12-7-6-11(3)9-14(12)8-4-5-13(15)16-14/h10-12H,4-9H2,1-3H3/t11-,12+,14+/m1/s1. The Morgan fingerprint density at radius 3 is 2.75 bits per heavy atom. The van der Waals surface area contributed by atoms with E-state index in [2.05, 4.69) is 20.8 Å². The van der Waals surface area contributed by atoms with E-state index in [1.165, 1.54) is 12.8 Å². The van der Waals surface area contributed by atoms with Gasteiger partial charge in [-0.05, 0) is 37.5 Å². The van der Waals surface area contributed by atoms with E-state index in [0.717, 1.165) is 19.3 Å². The van der Waals surface area contributed by atoms with Crippen LogP contribution >= 0.6 is 0 Å². The molecule has 2 fully saturated rings. The van der Waals surface area contributed by atoms with Gasteiger partial charge in [0, 0.05) is 12.3 Å². The van der Waals surface area contributed by atoms with E-state index in [0.29, 0.717) is 24.2 Å². The van der Waals surface area contributed by atoms with Crippen molar-refractivity contribution in [2.45, 2.75) is 64.9 Å². The van der Waals surface area contributed by atoms with Gasteiger partial charge in [0.1, 0.15) is 5.60 Å². The SMILES string of the molecule is CC(C)[C@@H]1CC[C@@H](C)C[C@@]12CCCC(=O)O2. The van der Waals surface area contributed by atoms with Crippen LogP contribution in [0.15, 0.2) is 0 Å². The summed E-state index contributed by atoms with van der Waals surface area (Å²) in [5, 5.41) is 0. The zero-order valence-electron chi connectivity index (χ0n) is 10.8. The summed E-state index contributed by atoms with van der Waals surface area (Å²) in [5.74, 6) is 1.94. The minimum absolute atomic E-state index is 0.0333. The van der Waals surface area contributed by atoms with Gasteiger partial charge in [0.25, 0.3) is 0 Å². The Kier molecular flexibility index (Phi) is 3.27. The van der Waals surface area contributed by atoms with Crippen molar-refractivity contribution in [2.24, 2.45) is 17.8 Å². The summed E-state index contributed by atoms with van der Waals surface area (Å²) in [6.45, 7) is 6.83. The average Bonchev–Trinajstić information content (AvgIpc) is 2.16. The Bertz CT molecular complexity index is 272. The fourth-order valence-corrected chi connectivity index (χ4v) is 3.78. The van der Waals surface area contributed by atoms with Gasteiger partial charge in [-0.15, -0.1) is 0 Å². The first-order chi connectivity index (χ1) is 7.53. The Morgan fingerprint density at radius 2 is 2.12 bits per heavy atom. The molecular formula is C14H24O2. The third-order valence-corrected chi connectivity index (χ3v) is 4.44. The summed E-state index contributed by atoms with van der Waals surface area (Å²) in [6, 6.07) is 0. The molecule has 2 heteroatoms. The first-order valence-electron chi connectivity index (χ1n) is 6.75. The summed E-state index contributed by atoms with van der Waals surface area (Å²) in [6.07, 6.45) is 6.34. The maximum atomic E-state index is 11.6. The molecule has 2 rings (SSSR count). The summed E-state index contributed by atoms with van der Waals surface area (Å²) < 4.78 is 5.82. The molecule has 1 aliphatic heterocycles. The Morgan fingerprint density at radius 1 is 1.38 bits per heavy atom. The van der Waals surface area contributed by atoms with Crippen molar-refractivity contribution in [1.29, 1.82) is 0 Å². The second-order valence-electron chi connectivity index (χ2n) is 6.13. The zero-order chi connectivity index (χ0) is 11.8. The lowest BCUT2D eigenvalue weighted by Crippen LogP contribution is -2.50. The molecule has 16 heavy (non-hydrogen) atoms. The predicted octanol–water partition coefficient (Wildman–Crippen LogP) is 3.54. The Hall–Kier alpha value is -0.530. The minimum Gasteiger partial charge on any atom is -0.459 e. The van der Waals surface area contributed by atoms with Crippen LogP contribution in [0.5, 0.6) is 0 Å². The van der Waals surface area contributed by atoms with E-state index in [1.54, 1.807) is 0 Å². The van der Waals surface area contributed by atoms with Crippen molar-refractivity contribution >= 4 is 5.97 Å². The van der Waals surface area contributed by atoms with Crippen molar-refractivity contribution < 1.29 is 9.53 Å². The van der Waals surface area contributed by atoms with Gasteiger partial charge in [-0.2, -0.15) is 0 Å². The van der Waals surface area contributed by atoms with E-state index in [9.17, 15) is 4.79 Å². The molecule has 1 spiro atoms. The number of esters is 1. The normalized spacial score (nSPS) is 40.1. The van der Waals surface area contributed by atoms with Crippen molar-refractivity contribution in [3.05, 3.63) is 0 Å². The highest BCUT2D eigenvalue weighted by Crippen LogP contribution is 2.47. The van der Waals surface area contributed by atoms with Crippen molar-refractivity contribution in [3.8, 4) is 0 Å². The highest BCUT2D eigenvalue weighted by molar-refractivity contribution is 5.70. The number of carbonyl (C=O) groups is 1. The van der Waals surface area contributed by atoms with Crippen molar-refractivity contribution in [2.75, 3.05) is 0 Å². The molecule has 0 N–H and O–H groups in total. The molecule has 0 amide bonds. The maximum absolute atomic E-state index is 11.6. The van der Waals surface area contributed by atoms with Crippen LogP contribution in [-0.4, -0.2) is 11.6 Å². The molecule has 1 heterocycles. The van der Waals surface area contributed by atoms with Crippen LogP contribution in [0.3, 0.4) is 0 Å². The number of hydrogen-bond acceptors (Lipinski definition) is 2. The predicted molar refractivity (Wildman–Crippen MR) is 64.0 cm³/mol. The first-order valence-corrected chi connectivity index (χ1v) is 6.75. The number of hydrogen-bond donors (Lipinski definition) is 0. The van der Waals surface area contributed by atoms with E-state index in [1.807, 2.05) is 0 Å². The molecule has 0 bridgehead atoms. The van der Waals surface area contributed by atoms with Crippen LogP contribution < -0.4 is 0 Å². The van der Waals surface area contributed by atoms with Crippen molar-refractivity contribution in [3.63, 3.8) is 0 Å². The van der Waals surface area contributed by atoms with E-state index in [-0.39, 0.29) is 11.6 Å². The molecule has 92 valence electrons. The first kappa shape index (κ1) is 11.9. The fraction of sp³-hybridized carbons (Fsp3) is 0.929. The van der Waals surface area contributed by atoms with E-state index in [4.69, 9.17) is 4.74 Å². The second-order valence-corrected chi connectivity index (χ2v) is 6.13. The largest absolute Gasteiger partial charge is 0.459 e. The summed E-state index contributed by atoms with van der Waals surface area (Å²) in [4.78, 5) is 11.6.